The Hall–Kier alpha value is -0.610. The van der Waals surface area contributed by atoms with E-state index in [1.54, 1.807) is 0 Å². The lowest BCUT2D eigenvalue weighted by atomic mass is 10.0. The highest BCUT2D eigenvalue weighted by molar-refractivity contribution is 5.73. The van der Waals surface area contributed by atoms with Gasteiger partial charge in [-0.3, -0.25) is 4.79 Å². The van der Waals surface area contributed by atoms with E-state index in [0.29, 0.717) is 25.7 Å². The van der Waals surface area contributed by atoms with Crippen LogP contribution in [-0.2, 0) is 14.3 Å². The van der Waals surface area contributed by atoms with Crippen molar-refractivity contribution in [3.8, 4) is 0 Å². The summed E-state index contributed by atoms with van der Waals surface area (Å²) >= 11 is 0. The van der Waals surface area contributed by atoms with Crippen molar-refractivity contribution in [1.82, 2.24) is 5.32 Å². The zero-order valence-corrected chi connectivity index (χ0v) is 8.49. The normalized spacial score (nSPS) is 31.8. The monoisotopic (exact) mass is 199 g/mol. The number of rotatable bonds is 4. The fourth-order valence-electron chi connectivity index (χ4n) is 1.66. The van der Waals surface area contributed by atoms with Crippen molar-refractivity contribution in [2.24, 2.45) is 11.8 Å². The molecule has 4 nitrogen and oxygen atoms in total. The summed E-state index contributed by atoms with van der Waals surface area (Å²) in [6, 6.07) is 0.127. The third-order valence-corrected chi connectivity index (χ3v) is 2.91. The molecule has 4 heteroatoms. The standard InChI is InChI=1S/C10H17NO3/c1-11-9-6-13-5-8(9)10(12)14-4-7-2-3-7/h7-9,11H,2-6H2,1H3. The fraction of sp³-hybridized carbons (Fsp3) is 0.900. The molecule has 0 aromatic rings. The molecule has 0 aromatic carbocycles. The lowest BCUT2D eigenvalue weighted by Gasteiger charge is -2.15. The lowest BCUT2D eigenvalue weighted by molar-refractivity contribution is -0.149. The third-order valence-electron chi connectivity index (χ3n) is 2.91. The van der Waals surface area contributed by atoms with Crippen LogP contribution in [0.1, 0.15) is 12.8 Å². The SMILES string of the molecule is CNC1COCC1C(=O)OCC1CC1. The van der Waals surface area contributed by atoms with Crippen molar-refractivity contribution in [2.45, 2.75) is 18.9 Å². The van der Waals surface area contributed by atoms with Crippen LogP contribution in [0.5, 0.6) is 0 Å². The van der Waals surface area contributed by atoms with E-state index in [9.17, 15) is 4.79 Å². The molecule has 0 spiro atoms. The maximum absolute atomic E-state index is 11.6. The van der Waals surface area contributed by atoms with E-state index in [1.165, 1.54) is 12.8 Å². The third kappa shape index (κ3) is 2.25. The van der Waals surface area contributed by atoms with Crippen LogP contribution in [0.25, 0.3) is 0 Å². The van der Waals surface area contributed by atoms with E-state index in [-0.39, 0.29) is 17.9 Å². The van der Waals surface area contributed by atoms with E-state index in [4.69, 9.17) is 9.47 Å². The quantitative estimate of drug-likeness (QED) is 0.656. The molecule has 1 saturated heterocycles. The van der Waals surface area contributed by atoms with Gasteiger partial charge in [0.05, 0.1) is 25.7 Å². The van der Waals surface area contributed by atoms with Crippen molar-refractivity contribution in [2.75, 3.05) is 26.9 Å². The molecule has 0 bridgehead atoms. The Bertz CT molecular complexity index is 215. The Morgan fingerprint density at radius 1 is 1.50 bits per heavy atom. The predicted octanol–water partition coefficient (Wildman–Crippen LogP) is 0.174. The summed E-state index contributed by atoms with van der Waals surface area (Å²) in [5.74, 6) is 0.418. The van der Waals surface area contributed by atoms with Crippen molar-refractivity contribution in [3.05, 3.63) is 0 Å². The molecule has 1 N–H and O–H groups in total. The van der Waals surface area contributed by atoms with Gasteiger partial charge in [0.2, 0.25) is 0 Å². The van der Waals surface area contributed by atoms with Gasteiger partial charge in [0.25, 0.3) is 0 Å². The van der Waals surface area contributed by atoms with E-state index >= 15 is 0 Å². The van der Waals surface area contributed by atoms with E-state index in [2.05, 4.69) is 5.32 Å². The first kappa shape index (κ1) is 9.93. The van der Waals surface area contributed by atoms with Crippen LogP contribution < -0.4 is 5.32 Å². The molecule has 2 rings (SSSR count). The Morgan fingerprint density at radius 3 is 2.93 bits per heavy atom. The minimum atomic E-state index is -0.112. The molecular weight excluding hydrogens is 182 g/mol. The number of likely N-dealkylation sites (N-methyl/N-ethyl adjacent to an activating group) is 1. The molecule has 1 aliphatic heterocycles. The minimum absolute atomic E-state index is 0.103. The number of carbonyl (C=O) groups excluding carboxylic acids is 1. The zero-order valence-electron chi connectivity index (χ0n) is 8.49. The highest BCUT2D eigenvalue weighted by Crippen LogP contribution is 2.29. The predicted molar refractivity (Wildman–Crippen MR) is 50.8 cm³/mol. The lowest BCUT2D eigenvalue weighted by Crippen LogP contribution is -2.38. The molecule has 0 aromatic heterocycles. The molecule has 1 aliphatic carbocycles. The van der Waals surface area contributed by atoms with Crippen LogP contribution in [-0.4, -0.2) is 38.9 Å². The van der Waals surface area contributed by atoms with Crippen molar-refractivity contribution >= 4 is 5.97 Å². The van der Waals surface area contributed by atoms with Crippen LogP contribution in [0.15, 0.2) is 0 Å². The number of ether oxygens (including phenoxy) is 2. The molecule has 14 heavy (non-hydrogen) atoms. The molecule has 2 fully saturated rings. The van der Waals surface area contributed by atoms with Gasteiger partial charge in [0.1, 0.15) is 0 Å². The maximum atomic E-state index is 11.6. The second-order valence-corrected chi connectivity index (χ2v) is 4.11. The van der Waals surface area contributed by atoms with E-state index in [1.807, 2.05) is 7.05 Å². The van der Waals surface area contributed by atoms with E-state index in [0.717, 1.165) is 0 Å². The first-order valence-corrected chi connectivity index (χ1v) is 5.23. The van der Waals surface area contributed by atoms with Gasteiger partial charge in [-0.15, -0.1) is 0 Å². The summed E-state index contributed by atoms with van der Waals surface area (Å²) in [5.41, 5.74) is 0. The van der Waals surface area contributed by atoms with Gasteiger partial charge in [0.15, 0.2) is 0 Å². The summed E-state index contributed by atoms with van der Waals surface area (Å²) in [7, 11) is 1.85. The summed E-state index contributed by atoms with van der Waals surface area (Å²) in [5, 5.41) is 3.07. The van der Waals surface area contributed by atoms with Crippen LogP contribution >= 0.6 is 0 Å². The molecular formula is C10H17NO3. The van der Waals surface area contributed by atoms with Gasteiger partial charge >= 0.3 is 5.97 Å². The molecule has 80 valence electrons. The number of nitrogens with one attached hydrogen (secondary N) is 1. The highest BCUT2D eigenvalue weighted by atomic mass is 16.5. The summed E-state index contributed by atoms with van der Waals surface area (Å²) in [6.45, 7) is 1.71. The molecule has 2 atom stereocenters. The smallest absolute Gasteiger partial charge is 0.312 e. The van der Waals surface area contributed by atoms with Gasteiger partial charge < -0.3 is 14.8 Å². The summed E-state index contributed by atoms with van der Waals surface area (Å²) in [6.07, 6.45) is 2.42. The van der Waals surface area contributed by atoms with Crippen LogP contribution in [0.2, 0.25) is 0 Å². The largest absolute Gasteiger partial charge is 0.465 e. The van der Waals surface area contributed by atoms with Gasteiger partial charge in [-0.2, -0.15) is 0 Å². The number of esters is 1. The van der Waals surface area contributed by atoms with Crippen molar-refractivity contribution in [3.63, 3.8) is 0 Å². The maximum Gasteiger partial charge on any atom is 0.312 e. The minimum Gasteiger partial charge on any atom is -0.465 e. The van der Waals surface area contributed by atoms with Crippen molar-refractivity contribution in [1.29, 1.82) is 0 Å². The van der Waals surface area contributed by atoms with Gasteiger partial charge in [0, 0.05) is 6.04 Å². The Kier molecular flexibility index (Phi) is 3.03. The Morgan fingerprint density at radius 2 is 2.29 bits per heavy atom. The number of hydrogen-bond donors (Lipinski definition) is 1. The molecule has 2 aliphatic rings. The molecule has 0 radical (unpaired) electrons. The first-order valence-electron chi connectivity index (χ1n) is 5.23. The Balaban J connectivity index is 1.76. The van der Waals surface area contributed by atoms with Crippen LogP contribution in [0.4, 0.5) is 0 Å². The average Bonchev–Trinajstić information content (AvgIpc) is 2.90. The van der Waals surface area contributed by atoms with Gasteiger partial charge in [-0.25, -0.2) is 0 Å². The van der Waals surface area contributed by atoms with Crippen LogP contribution in [0, 0.1) is 11.8 Å². The average molecular weight is 199 g/mol. The van der Waals surface area contributed by atoms with E-state index < -0.39 is 0 Å². The molecule has 1 saturated carbocycles. The second-order valence-electron chi connectivity index (χ2n) is 4.11. The Labute approximate surface area is 84.0 Å². The summed E-state index contributed by atoms with van der Waals surface area (Å²) in [4.78, 5) is 11.6. The topological polar surface area (TPSA) is 47.6 Å². The van der Waals surface area contributed by atoms with Crippen LogP contribution in [0.3, 0.4) is 0 Å². The second kappa shape index (κ2) is 4.28. The molecule has 2 unspecified atom stereocenters. The molecule has 1 heterocycles. The summed E-state index contributed by atoms with van der Waals surface area (Å²) < 4.78 is 10.5. The fourth-order valence-corrected chi connectivity index (χ4v) is 1.66. The highest BCUT2D eigenvalue weighted by Gasteiger charge is 2.35. The number of hydrogen-bond acceptors (Lipinski definition) is 4. The molecule has 0 amide bonds. The van der Waals surface area contributed by atoms with Gasteiger partial charge in [-0.1, -0.05) is 0 Å². The number of carbonyl (C=O) groups is 1. The van der Waals surface area contributed by atoms with Crippen molar-refractivity contribution < 1.29 is 14.3 Å². The zero-order chi connectivity index (χ0) is 9.97. The van der Waals surface area contributed by atoms with Gasteiger partial charge in [-0.05, 0) is 25.8 Å². The first-order chi connectivity index (χ1) is 6.81.